The number of hydrogen-bond donors (Lipinski definition) is 1. The molecule has 3 aliphatic heterocycles. The zero-order valence-corrected chi connectivity index (χ0v) is 14.3. The molecule has 0 saturated carbocycles. The molecule has 0 aromatic carbocycles. The van der Waals surface area contributed by atoms with Crippen LogP contribution in [-0.4, -0.2) is 59.4 Å². The van der Waals surface area contributed by atoms with Gasteiger partial charge in [0.15, 0.2) is 5.60 Å². The maximum absolute atomic E-state index is 12.5. The Morgan fingerprint density at radius 2 is 2.04 bits per heavy atom. The molecule has 0 bridgehead atoms. The van der Waals surface area contributed by atoms with Gasteiger partial charge in [-0.3, -0.25) is 4.90 Å². The van der Waals surface area contributed by atoms with E-state index in [1.165, 1.54) is 6.92 Å². The average molecular weight is 335 g/mol. The summed E-state index contributed by atoms with van der Waals surface area (Å²) in [6.07, 6.45) is 3.26. The summed E-state index contributed by atoms with van der Waals surface area (Å²) in [6, 6.07) is 0.0902. The van der Waals surface area contributed by atoms with Crippen molar-refractivity contribution in [3.05, 3.63) is 23.8 Å². The highest BCUT2D eigenvalue weighted by Gasteiger charge is 2.47. The molecule has 1 N–H and O–H groups in total. The van der Waals surface area contributed by atoms with E-state index in [0.29, 0.717) is 5.57 Å². The van der Waals surface area contributed by atoms with Crippen LogP contribution in [0.25, 0.3) is 0 Å². The van der Waals surface area contributed by atoms with Crippen molar-refractivity contribution in [1.82, 2.24) is 4.90 Å². The van der Waals surface area contributed by atoms with Gasteiger partial charge in [0.2, 0.25) is 0 Å². The van der Waals surface area contributed by atoms with Gasteiger partial charge in [-0.15, -0.1) is 0 Å². The average Bonchev–Trinajstić information content (AvgIpc) is 3.12. The Morgan fingerprint density at radius 3 is 2.75 bits per heavy atom. The third-order valence-electron chi connectivity index (χ3n) is 5.56. The number of carbonyl (C=O) groups is 2. The molecular weight excluding hydrogens is 310 g/mol. The molecule has 4 atom stereocenters. The number of esters is 2. The van der Waals surface area contributed by atoms with E-state index in [2.05, 4.69) is 11.5 Å². The SMILES string of the molecule is C=C1C/C(=C\C)C(=O)O[C@@H]2CCN3CC[C@H](COC(=O)[C@]1(C)O)[C@H]23. The first-order valence-corrected chi connectivity index (χ1v) is 8.52. The summed E-state index contributed by atoms with van der Waals surface area (Å²) >= 11 is 0. The maximum Gasteiger partial charge on any atom is 0.342 e. The van der Waals surface area contributed by atoms with Crippen LogP contribution in [0.1, 0.15) is 33.1 Å². The van der Waals surface area contributed by atoms with E-state index in [1.807, 2.05) is 0 Å². The Morgan fingerprint density at radius 1 is 1.33 bits per heavy atom. The summed E-state index contributed by atoms with van der Waals surface area (Å²) in [5.41, 5.74) is -1.18. The lowest BCUT2D eigenvalue weighted by Crippen LogP contribution is -2.43. The van der Waals surface area contributed by atoms with E-state index in [9.17, 15) is 14.7 Å². The van der Waals surface area contributed by atoms with Crippen LogP contribution in [0.2, 0.25) is 0 Å². The Bertz CT molecular complexity index is 594. The number of cyclic esters (lactones) is 1. The van der Waals surface area contributed by atoms with Gasteiger partial charge in [-0.05, 0) is 38.8 Å². The predicted octanol–water partition coefficient (Wildman–Crippen LogP) is 1.19. The van der Waals surface area contributed by atoms with Crippen LogP contribution in [0.5, 0.6) is 0 Å². The quantitative estimate of drug-likeness (QED) is 0.407. The van der Waals surface area contributed by atoms with Gasteiger partial charge >= 0.3 is 11.9 Å². The molecule has 24 heavy (non-hydrogen) atoms. The first-order chi connectivity index (χ1) is 11.3. The topological polar surface area (TPSA) is 76.1 Å². The minimum atomic E-state index is -1.82. The van der Waals surface area contributed by atoms with Gasteiger partial charge in [-0.2, -0.15) is 0 Å². The van der Waals surface area contributed by atoms with Crippen molar-refractivity contribution in [1.29, 1.82) is 0 Å². The van der Waals surface area contributed by atoms with E-state index >= 15 is 0 Å². The summed E-state index contributed by atoms with van der Waals surface area (Å²) < 4.78 is 11.2. The van der Waals surface area contributed by atoms with Crippen molar-refractivity contribution in [3.63, 3.8) is 0 Å². The monoisotopic (exact) mass is 335 g/mol. The number of rotatable bonds is 0. The zero-order valence-electron chi connectivity index (χ0n) is 14.3. The number of ether oxygens (including phenoxy) is 2. The lowest BCUT2D eigenvalue weighted by Gasteiger charge is -2.30. The highest BCUT2D eigenvalue weighted by Crippen LogP contribution is 2.36. The molecule has 3 rings (SSSR count). The summed E-state index contributed by atoms with van der Waals surface area (Å²) in [7, 11) is 0. The van der Waals surface area contributed by atoms with Gasteiger partial charge in [0.1, 0.15) is 6.10 Å². The Hall–Kier alpha value is -1.66. The Kier molecular flexibility index (Phi) is 4.53. The van der Waals surface area contributed by atoms with Gasteiger partial charge in [0.25, 0.3) is 0 Å². The molecule has 0 aromatic heterocycles. The van der Waals surface area contributed by atoms with E-state index < -0.39 is 11.6 Å². The molecule has 0 radical (unpaired) electrons. The molecule has 0 spiro atoms. The minimum Gasteiger partial charge on any atom is -0.463 e. The number of hydrogen-bond acceptors (Lipinski definition) is 6. The third kappa shape index (κ3) is 2.89. The van der Waals surface area contributed by atoms with Crippen molar-refractivity contribution in [3.8, 4) is 0 Å². The maximum atomic E-state index is 12.5. The molecule has 0 amide bonds. The summed E-state index contributed by atoms with van der Waals surface area (Å²) in [4.78, 5) is 27.2. The highest BCUT2D eigenvalue weighted by atomic mass is 16.6. The van der Waals surface area contributed by atoms with E-state index in [-0.39, 0.29) is 42.6 Å². The highest BCUT2D eigenvalue weighted by molar-refractivity contribution is 5.90. The molecule has 3 aliphatic rings. The van der Waals surface area contributed by atoms with Crippen LogP contribution < -0.4 is 0 Å². The fraction of sp³-hybridized carbons (Fsp3) is 0.667. The van der Waals surface area contributed by atoms with Crippen LogP contribution >= 0.6 is 0 Å². The molecule has 0 unspecified atom stereocenters. The third-order valence-corrected chi connectivity index (χ3v) is 5.56. The summed E-state index contributed by atoms with van der Waals surface area (Å²) in [5.74, 6) is -0.974. The smallest absolute Gasteiger partial charge is 0.342 e. The number of nitrogens with zero attached hydrogens (tertiary/aromatic N) is 1. The van der Waals surface area contributed by atoms with Gasteiger partial charge in [0, 0.05) is 24.5 Å². The van der Waals surface area contributed by atoms with Crippen LogP contribution in [-0.2, 0) is 19.1 Å². The lowest BCUT2D eigenvalue weighted by atomic mass is 9.90. The first kappa shape index (κ1) is 17.2. The van der Waals surface area contributed by atoms with Gasteiger partial charge in [-0.1, -0.05) is 12.7 Å². The summed E-state index contributed by atoms with van der Waals surface area (Å²) in [5, 5.41) is 10.5. The first-order valence-electron chi connectivity index (χ1n) is 8.52. The van der Waals surface area contributed by atoms with Crippen LogP contribution in [0.3, 0.4) is 0 Å². The largest absolute Gasteiger partial charge is 0.463 e. The van der Waals surface area contributed by atoms with E-state index in [0.717, 1.165) is 25.9 Å². The molecule has 3 heterocycles. The predicted molar refractivity (Wildman–Crippen MR) is 87.1 cm³/mol. The van der Waals surface area contributed by atoms with Gasteiger partial charge in [0.05, 0.1) is 12.6 Å². The second-order valence-electron chi connectivity index (χ2n) is 7.07. The second kappa shape index (κ2) is 6.33. The van der Waals surface area contributed by atoms with Crippen molar-refractivity contribution in [2.75, 3.05) is 19.7 Å². The lowest BCUT2D eigenvalue weighted by molar-refractivity contribution is -0.163. The molecule has 6 nitrogen and oxygen atoms in total. The fourth-order valence-corrected chi connectivity index (χ4v) is 3.90. The molecule has 0 aromatic rings. The normalized spacial score (nSPS) is 39.9. The standard InChI is InChI=1S/C18H25NO5/c1-4-12-9-11(2)18(3,22)17(21)23-10-13-5-7-19-8-6-14(15(13)19)24-16(12)20/h4,13-15,22H,2,5-10H2,1,3H3/b12-4+/t13-,14-,15-,18-/m1/s1. The van der Waals surface area contributed by atoms with Gasteiger partial charge < -0.3 is 14.6 Å². The zero-order chi connectivity index (χ0) is 17.5. The Labute approximate surface area is 142 Å². The molecular formula is C18H25NO5. The molecule has 3 fully saturated rings. The molecule has 132 valence electrons. The van der Waals surface area contributed by atoms with Crippen molar-refractivity contribution in [2.24, 2.45) is 5.92 Å². The molecule has 6 heteroatoms. The Balaban J connectivity index is 1.90. The summed E-state index contributed by atoms with van der Waals surface area (Å²) in [6.45, 7) is 8.92. The molecule has 3 saturated heterocycles. The second-order valence-corrected chi connectivity index (χ2v) is 7.07. The van der Waals surface area contributed by atoms with Crippen LogP contribution in [0.4, 0.5) is 0 Å². The van der Waals surface area contributed by atoms with Crippen LogP contribution in [0, 0.1) is 5.92 Å². The van der Waals surface area contributed by atoms with Gasteiger partial charge in [-0.25, -0.2) is 9.59 Å². The van der Waals surface area contributed by atoms with Crippen molar-refractivity contribution in [2.45, 2.75) is 50.9 Å². The number of carbonyl (C=O) groups excluding carboxylic acids is 2. The fourth-order valence-electron chi connectivity index (χ4n) is 3.90. The van der Waals surface area contributed by atoms with E-state index in [4.69, 9.17) is 9.47 Å². The minimum absolute atomic E-state index is 0.0853. The number of allylic oxidation sites excluding steroid dienone is 1. The van der Waals surface area contributed by atoms with Crippen molar-refractivity contribution >= 4 is 11.9 Å². The number of aliphatic hydroxyl groups is 1. The van der Waals surface area contributed by atoms with Crippen LogP contribution in [0.15, 0.2) is 23.8 Å². The molecule has 0 aliphatic carbocycles. The van der Waals surface area contributed by atoms with E-state index in [1.54, 1.807) is 13.0 Å². The van der Waals surface area contributed by atoms with Crippen molar-refractivity contribution < 1.29 is 24.2 Å².